The average Bonchev–Trinajstić information content (AvgIpc) is 2.14. The normalized spacial score (nSPS) is 18.0. The molecule has 1 aliphatic rings. The van der Waals surface area contributed by atoms with Crippen LogP contribution in [0.4, 0.5) is 0 Å². The van der Waals surface area contributed by atoms with Crippen molar-refractivity contribution in [2.24, 2.45) is 0 Å². The average molecular weight is 125 g/mol. The molecule has 0 spiro atoms. The predicted octanol–water partition coefficient (Wildman–Crippen LogP) is 0.795. The second kappa shape index (κ2) is 2.21. The van der Waals surface area contributed by atoms with E-state index in [4.69, 9.17) is 0 Å². The summed E-state index contributed by atoms with van der Waals surface area (Å²) in [6, 6.07) is 0. The minimum Gasteiger partial charge on any atom is -0.381 e. The first-order valence-electron chi connectivity index (χ1n) is 3.11. The molecule has 0 heterocycles. The molecule has 0 radical (unpaired) electrons. The van der Waals surface area contributed by atoms with Crippen LogP contribution in [0, 0.1) is 0 Å². The Morgan fingerprint density at radius 2 is 2.11 bits per heavy atom. The van der Waals surface area contributed by atoms with Crippen molar-refractivity contribution in [2.75, 3.05) is 14.1 Å². The van der Waals surface area contributed by atoms with Crippen LogP contribution in [0.15, 0.2) is 11.8 Å². The Kier molecular flexibility index (Phi) is 1.56. The molecule has 50 valence electrons. The SMILES string of the molecule is CN(C)C1=CC(=O)CC1. The summed E-state index contributed by atoms with van der Waals surface area (Å²) in [6.45, 7) is 0. The van der Waals surface area contributed by atoms with Gasteiger partial charge in [0.25, 0.3) is 0 Å². The van der Waals surface area contributed by atoms with Gasteiger partial charge >= 0.3 is 0 Å². The molecule has 0 unspecified atom stereocenters. The van der Waals surface area contributed by atoms with Crippen LogP contribution in [0.25, 0.3) is 0 Å². The molecular weight excluding hydrogens is 114 g/mol. The maximum absolute atomic E-state index is 10.7. The molecule has 0 N–H and O–H groups in total. The van der Waals surface area contributed by atoms with Gasteiger partial charge in [-0.3, -0.25) is 4.79 Å². The van der Waals surface area contributed by atoms with Crippen LogP contribution in [0.1, 0.15) is 12.8 Å². The van der Waals surface area contributed by atoms with Crippen LogP contribution < -0.4 is 0 Å². The Morgan fingerprint density at radius 1 is 1.44 bits per heavy atom. The number of allylic oxidation sites excluding steroid dienone is 2. The van der Waals surface area contributed by atoms with Crippen LogP contribution in [-0.2, 0) is 4.79 Å². The third-order valence-electron chi connectivity index (χ3n) is 1.53. The fraction of sp³-hybridized carbons (Fsp3) is 0.571. The van der Waals surface area contributed by atoms with Gasteiger partial charge < -0.3 is 4.90 Å². The summed E-state index contributed by atoms with van der Waals surface area (Å²) in [5.41, 5.74) is 1.15. The zero-order chi connectivity index (χ0) is 6.85. The van der Waals surface area contributed by atoms with Gasteiger partial charge in [-0.25, -0.2) is 0 Å². The molecule has 9 heavy (non-hydrogen) atoms. The lowest BCUT2D eigenvalue weighted by Crippen LogP contribution is -2.08. The van der Waals surface area contributed by atoms with Gasteiger partial charge in [0.05, 0.1) is 0 Å². The summed E-state index contributed by atoms with van der Waals surface area (Å²) >= 11 is 0. The molecule has 0 fully saturated rings. The predicted molar refractivity (Wildman–Crippen MR) is 36.0 cm³/mol. The minimum absolute atomic E-state index is 0.263. The first-order chi connectivity index (χ1) is 4.20. The molecule has 0 saturated heterocycles. The third-order valence-corrected chi connectivity index (χ3v) is 1.53. The molecule has 0 bridgehead atoms. The van der Waals surface area contributed by atoms with Gasteiger partial charge in [0, 0.05) is 32.3 Å². The van der Waals surface area contributed by atoms with Gasteiger partial charge in [0.2, 0.25) is 0 Å². The second-order valence-corrected chi connectivity index (χ2v) is 2.50. The maximum atomic E-state index is 10.7. The molecule has 1 rings (SSSR count). The highest BCUT2D eigenvalue weighted by Gasteiger charge is 2.12. The Hall–Kier alpha value is -0.790. The zero-order valence-corrected chi connectivity index (χ0v) is 5.85. The van der Waals surface area contributed by atoms with Crippen molar-refractivity contribution < 1.29 is 4.79 Å². The first kappa shape index (κ1) is 6.33. The number of ketones is 1. The van der Waals surface area contributed by atoms with Crippen molar-refractivity contribution >= 4 is 5.78 Å². The number of hydrogen-bond donors (Lipinski definition) is 0. The van der Waals surface area contributed by atoms with E-state index in [0.29, 0.717) is 6.42 Å². The second-order valence-electron chi connectivity index (χ2n) is 2.50. The molecule has 0 atom stereocenters. The van der Waals surface area contributed by atoms with Gasteiger partial charge in [-0.2, -0.15) is 0 Å². The van der Waals surface area contributed by atoms with Crippen molar-refractivity contribution in [1.82, 2.24) is 4.90 Å². The van der Waals surface area contributed by atoms with Gasteiger partial charge in [-0.05, 0) is 6.42 Å². The summed E-state index contributed by atoms with van der Waals surface area (Å²) in [5.74, 6) is 0.263. The highest BCUT2D eigenvalue weighted by Crippen LogP contribution is 2.15. The van der Waals surface area contributed by atoms with E-state index in [0.717, 1.165) is 12.1 Å². The smallest absolute Gasteiger partial charge is 0.157 e. The van der Waals surface area contributed by atoms with Crippen molar-refractivity contribution in [1.29, 1.82) is 0 Å². The van der Waals surface area contributed by atoms with Gasteiger partial charge in [-0.15, -0.1) is 0 Å². The van der Waals surface area contributed by atoms with E-state index >= 15 is 0 Å². The van der Waals surface area contributed by atoms with Crippen LogP contribution >= 0.6 is 0 Å². The lowest BCUT2D eigenvalue weighted by molar-refractivity contribution is -0.114. The van der Waals surface area contributed by atoms with Crippen LogP contribution in [0.3, 0.4) is 0 Å². The molecule has 0 amide bonds. The van der Waals surface area contributed by atoms with E-state index in [9.17, 15) is 4.79 Å². The lowest BCUT2D eigenvalue weighted by Gasteiger charge is -2.11. The number of rotatable bonds is 1. The minimum atomic E-state index is 0.263. The molecule has 1 aliphatic carbocycles. The van der Waals surface area contributed by atoms with Gasteiger partial charge in [-0.1, -0.05) is 0 Å². The Bertz CT molecular complexity index is 158. The molecule has 0 saturated carbocycles. The molecule has 0 aromatic heterocycles. The monoisotopic (exact) mass is 125 g/mol. The summed E-state index contributed by atoms with van der Waals surface area (Å²) in [7, 11) is 3.93. The molecule has 0 aromatic rings. The van der Waals surface area contributed by atoms with E-state index in [-0.39, 0.29) is 5.78 Å². The van der Waals surface area contributed by atoms with E-state index in [2.05, 4.69) is 0 Å². The Morgan fingerprint density at radius 3 is 2.33 bits per heavy atom. The topological polar surface area (TPSA) is 20.3 Å². The van der Waals surface area contributed by atoms with Gasteiger partial charge in [0.15, 0.2) is 5.78 Å². The maximum Gasteiger partial charge on any atom is 0.157 e. The highest BCUT2D eigenvalue weighted by atomic mass is 16.1. The number of nitrogens with zero attached hydrogens (tertiary/aromatic N) is 1. The van der Waals surface area contributed by atoms with E-state index < -0.39 is 0 Å². The largest absolute Gasteiger partial charge is 0.381 e. The summed E-state index contributed by atoms with van der Waals surface area (Å²) in [4.78, 5) is 12.6. The standard InChI is InChI=1S/C7H11NO/c1-8(2)6-3-4-7(9)5-6/h5H,3-4H2,1-2H3. The summed E-state index contributed by atoms with van der Waals surface area (Å²) in [6.07, 6.45) is 3.35. The van der Waals surface area contributed by atoms with Crippen LogP contribution in [0.5, 0.6) is 0 Å². The Labute approximate surface area is 55.2 Å². The van der Waals surface area contributed by atoms with Crippen molar-refractivity contribution in [2.45, 2.75) is 12.8 Å². The van der Waals surface area contributed by atoms with E-state index in [1.807, 2.05) is 19.0 Å². The fourth-order valence-corrected chi connectivity index (χ4v) is 0.934. The molecule has 2 nitrogen and oxygen atoms in total. The zero-order valence-electron chi connectivity index (χ0n) is 5.85. The third kappa shape index (κ3) is 1.31. The van der Waals surface area contributed by atoms with E-state index in [1.165, 1.54) is 0 Å². The van der Waals surface area contributed by atoms with Crippen LogP contribution in [0.2, 0.25) is 0 Å². The number of carbonyl (C=O) groups excluding carboxylic acids is 1. The molecule has 0 aromatic carbocycles. The van der Waals surface area contributed by atoms with Crippen LogP contribution in [-0.4, -0.2) is 24.8 Å². The first-order valence-corrected chi connectivity index (χ1v) is 3.11. The highest BCUT2D eigenvalue weighted by molar-refractivity contribution is 5.92. The molecule has 0 aliphatic heterocycles. The van der Waals surface area contributed by atoms with Crippen molar-refractivity contribution in [3.63, 3.8) is 0 Å². The summed E-state index contributed by atoms with van der Waals surface area (Å²) < 4.78 is 0. The Balaban J connectivity index is 2.62. The quantitative estimate of drug-likeness (QED) is 0.516. The fourth-order valence-electron chi connectivity index (χ4n) is 0.934. The molecule has 2 heteroatoms. The van der Waals surface area contributed by atoms with Crippen molar-refractivity contribution in [3.05, 3.63) is 11.8 Å². The molecular formula is C7H11NO. The van der Waals surface area contributed by atoms with Crippen molar-refractivity contribution in [3.8, 4) is 0 Å². The number of carbonyl (C=O) groups is 1. The number of hydrogen-bond acceptors (Lipinski definition) is 2. The summed E-state index contributed by atoms with van der Waals surface area (Å²) in [5, 5.41) is 0. The van der Waals surface area contributed by atoms with Gasteiger partial charge in [0.1, 0.15) is 0 Å². The van der Waals surface area contributed by atoms with E-state index in [1.54, 1.807) is 6.08 Å². The lowest BCUT2D eigenvalue weighted by atomic mass is 10.3.